The SMILES string of the molecule is C=C(C)C1CCCC(C)C1CCC. The highest BCUT2D eigenvalue weighted by Gasteiger charge is 2.29. The lowest BCUT2D eigenvalue weighted by Crippen LogP contribution is -2.27. The van der Waals surface area contributed by atoms with Gasteiger partial charge in [-0.15, -0.1) is 0 Å². The van der Waals surface area contributed by atoms with Crippen LogP contribution >= 0.6 is 0 Å². The molecule has 0 amide bonds. The normalized spacial score (nSPS) is 34.5. The summed E-state index contributed by atoms with van der Waals surface area (Å²) in [5, 5.41) is 0. The van der Waals surface area contributed by atoms with E-state index in [0.717, 1.165) is 17.8 Å². The molecule has 1 saturated carbocycles. The van der Waals surface area contributed by atoms with Gasteiger partial charge in [-0.2, -0.15) is 0 Å². The molecule has 13 heavy (non-hydrogen) atoms. The van der Waals surface area contributed by atoms with Gasteiger partial charge in [-0.3, -0.25) is 0 Å². The molecule has 0 radical (unpaired) electrons. The van der Waals surface area contributed by atoms with Crippen LogP contribution < -0.4 is 0 Å². The van der Waals surface area contributed by atoms with Crippen LogP contribution in [0.4, 0.5) is 0 Å². The first-order valence-electron chi connectivity index (χ1n) is 5.82. The molecule has 3 atom stereocenters. The summed E-state index contributed by atoms with van der Waals surface area (Å²) in [6, 6.07) is 0. The molecular weight excluding hydrogens is 156 g/mol. The van der Waals surface area contributed by atoms with E-state index in [-0.39, 0.29) is 0 Å². The van der Waals surface area contributed by atoms with Gasteiger partial charge in [0.25, 0.3) is 0 Å². The van der Waals surface area contributed by atoms with Gasteiger partial charge in [0, 0.05) is 0 Å². The maximum absolute atomic E-state index is 4.15. The van der Waals surface area contributed by atoms with Crippen LogP contribution in [0.2, 0.25) is 0 Å². The number of allylic oxidation sites excluding steroid dienone is 1. The average molecular weight is 180 g/mol. The van der Waals surface area contributed by atoms with Gasteiger partial charge in [0.15, 0.2) is 0 Å². The highest BCUT2D eigenvalue weighted by molar-refractivity contribution is 5.01. The predicted octanol–water partition coefficient (Wildman–Crippen LogP) is 4.42. The summed E-state index contributed by atoms with van der Waals surface area (Å²) in [6.45, 7) is 11.1. The van der Waals surface area contributed by atoms with Crippen molar-refractivity contribution < 1.29 is 0 Å². The van der Waals surface area contributed by atoms with E-state index in [4.69, 9.17) is 0 Å². The average Bonchev–Trinajstić information content (AvgIpc) is 2.08. The lowest BCUT2D eigenvalue weighted by Gasteiger charge is -2.37. The second-order valence-electron chi connectivity index (χ2n) is 4.81. The molecule has 3 unspecified atom stereocenters. The minimum atomic E-state index is 0.823. The summed E-state index contributed by atoms with van der Waals surface area (Å²) in [4.78, 5) is 0. The maximum Gasteiger partial charge on any atom is -0.0178 e. The van der Waals surface area contributed by atoms with E-state index in [1.54, 1.807) is 0 Å². The Bertz CT molecular complexity index is 169. The molecule has 1 aliphatic carbocycles. The van der Waals surface area contributed by atoms with Crippen LogP contribution in [0.5, 0.6) is 0 Å². The summed E-state index contributed by atoms with van der Waals surface area (Å²) >= 11 is 0. The second kappa shape index (κ2) is 4.83. The Labute approximate surface area is 83.4 Å². The lowest BCUT2D eigenvalue weighted by atomic mass is 9.69. The minimum absolute atomic E-state index is 0.823. The van der Waals surface area contributed by atoms with Crippen LogP contribution in [0.25, 0.3) is 0 Å². The fourth-order valence-electron chi connectivity index (χ4n) is 2.92. The molecule has 0 aromatic rings. The van der Waals surface area contributed by atoms with Gasteiger partial charge in [-0.05, 0) is 37.5 Å². The van der Waals surface area contributed by atoms with Crippen molar-refractivity contribution in [2.75, 3.05) is 0 Å². The van der Waals surface area contributed by atoms with Crippen molar-refractivity contribution in [2.45, 2.75) is 52.9 Å². The van der Waals surface area contributed by atoms with Gasteiger partial charge in [-0.25, -0.2) is 0 Å². The molecule has 0 heteroatoms. The largest absolute Gasteiger partial charge is 0.0999 e. The van der Waals surface area contributed by atoms with Crippen LogP contribution in [0.3, 0.4) is 0 Å². The smallest absolute Gasteiger partial charge is 0.0178 e. The molecule has 76 valence electrons. The Hall–Kier alpha value is -0.260. The van der Waals surface area contributed by atoms with Crippen molar-refractivity contribution in [3.05, 3.63) is 12.2 Å². The highest BCUT2D eigenvalue weighted by Crippen LogP contribution is 2.40. The van der Waals surface area contributed by atoms with Crippen LogP contribution in [-0.2, 0) is 0 Å². The third kappa shape index (κ3) is 2.59. The molecule has 0 bridgehead atoms. The van der Waals surface area contributed by atoms with Crippen LogP contribution in [0.15, 0.2) is 12.2 Å². The van der Waals surface area contributed by atoms with E-state index < -0.39 is 0 Å². The third-order valence-corrected chi connectivity index (χ3v) is 3.68. The molecular formula is C13H24. The van der Waals surface area contributed by atoms with E-state index in [0.29, 0.717) is 0 Å². The van der Waals surface area contributed by atoms with Gasteiger partial charge in [0.2, 0.25) is 0 Å². The van der Waals surface area contributed by atoms with Crippen molar-refractivity contribution in [3.8, 4) is 0 Å². The van der Waals surface area contributed by atoms with Crippen molar-refractivity contribution in [1.82, 2.24) is 0 Å². The van der Waals surface area contributed by atoms with Gasteiger partial charge in [-0.1, -0.05) is 45.3 Å². The first-order chi connectivity index (χ1) is 6.16. The molecule has 0 N–H and O–H groups in total. The molecule has 0 aliphatic heterocycles. The summed E-state index contributed by atoms with van der Waals surface area (Å²) < 4.78 is 0. The van der Waals surface area contributed by atoms with E-state index in [1.165, 1.54) is 37.7 Å². The second-order valence-corrected chi connectivity index (χ2v) is 4.81. The Balaban J connectivity index is 2.62. The standard InChI is InChI=1S/C13H24/c1-5-7-13-11(4)8-6-9-12(13)10(2)3/h11-13H,2,5-9H2,1,3-4H3. The zero-order valence-electron chi connectivity index (χ0n) is 9.47. The van der Waals surface area contributed by atoms with Crippen molar-refractivity contribution in [3.63, 3.8) is 0 Å². The molecule has 0 heterocycles. The molecule has 0 spiro atoms. The van der Waals surface area contributed by atoms with Gasteiger partial charge < -0.3 is 0 Å². The molecule has 0 nitrogen and oxygen atoms in total. The maximum atomic E-state index is 4.15. The summed E-state index contributed by atoms with van der Waals surface area (Å²) in [6.07, 6.45) is 6.98. The first-order valence-corrected chi connectivity index (χ1v) is 5.82. The number of rotatable bonds is 3. The quantitative estimate of drug-likeness (QED) is 0.564. The van der Waals surface area contributed by atoms with Gasteiger partial charge >= 0.3 is 0 Å². The van der Waals surface area contributed by atoms with E-state index >= 15 is 0 Å². The zero-order valence-corrected chi connectivity index (χ0v) is 9.47. The van der Waals surface area contributed by atoms with Crippen molar-refractivity contribution in [2.24, 2.45) is 17.8 Å². The van der Waals surface area contributed by atoms with Crippen LogP contribution in [0, 0.1) is 17.8 Å². The monoisotopic (exact) mass is 180 g/mol. The number of hydrogen-bond donors (Lipinski definition) is 0. The topological polar surface area (TPSA) is 0 Å². The fourth-order valence-corrected chi connectivity index (χ4v) is 2.92. The minimum Gasteiger partial charge on any atom is -0.0999 e. The Kier molecular flexibility index (Phi) is 4.02. The third-order valence-electron chi connectivity index (χ3n) is 3.68. The Morgan fingerprint density at radius 1 is 1.38 bits per heavy atom. The van der Waals surface area contributed by atoms with Crippen molar-refractivity contribution >= 4 is 0 Å². The number of hydrogen-bond acceptors (Lipinski definition) is 0. The van der Waals surface area contributed by atoms with Gasteiger partial charge in [0.1, 0.15) is 0 Å². The van der Waals surface area contributed by atoms with E-state index in [9.17, 15) is 0 Å². The Morgan fingerprint density at radius 2 is 2.08 bits per heavy atom. The summed E-state index contributed by atoms with van der Waals surface area (Å²) in [5.74, 6) is 2.68. The Morgan fingerprint density at radius 3 is 2.62 bits per heavy atom. The van der Waals surface area contributed by atoms with Gasteiger partial charge in [0.05, 0.1) is 0 Å². The van der Waals surface area contributed by atoms with E-state index in [1.807, 2.05) is 0 Å². The molecule has 0 aromatic carbocycles. The first kappa shape index (κ1) is 10.8. The van der Waals surface area contributed by atoms with Crippen LogP contribution in [0.1, 0.15) is 52.9 Å². The highest BCUT2D eigenvalue weighted by atomic mass is 14.3. The van der Waals surface area contributed by atoms with Crippen LogP contribution in [-0.4, -0.2) is 0 Å². The molecule has 1 fully saturated rings. The summed E-state index contributed by atoms with van der Waals surface area (Å²) in [7, 11) is 0. The summed E-state index contributed by atoms with van der Waals surface area (Å²) in [5.41, 5.74) is 1.42. The molecule has 1 rings (SSSR count). The molecule has 1 aliphatic rings. The fraction of sp³-hybridized carbons (Fsp3) is 0.846. The lowest BCUT2D eigenvalue weighted by molar-refractivity contribution is 0.178. The molecule has 0 saturated heterocycles. The zero-order chi connectivity index (χ0) is 9.84. The predicted molar refractivity (Wildman–Crippen MR) is 59.7 cm³/mol. The van der Waals surface area contributed by atoms with Crippen molar-refractivity contribution in [1.29, 1.82) is 0 Å². The molecule has 0 aromatic heterocycles. The van der Waals surface area contributed by atoms with E-state index in [2.05, 4.69) is 27.4 Å².